The van der Waals surface area contributed by atoms with E-state index in [1.54, 1.807) is 0 Å². The summed E-state index contributed by atoms with van der Waals surface area (Å²) in [6, 6.07) is 0. The molecule has 3 nitrogen and oxygen atoms in total. The van der Waals surface area contributed by atoms with E-state index < -0.39 is 15.1 Å². The third-order valence-corrected chi connectivity index (χ3v) is 3.93. The van der Waals surface area contributed by atoms with E-state index in [0.717, 1.165) is 0 Å². The second-order valence-electron chi connectivity index (χ2n) is 6.79. The first kappa shape index (κ1) is 16.4. The maximum atomic E-state index is 5.87. The van der Waals surface area contributed by atoms with E-state index in [2.05, 4.69) is 0 Å². The minimum atomic E-state index is -1.96. The van der Waals surface area contributed by atoms with Gasteiger partial charge >= 0.3 is 106 Å². The van der Waals surface area contributed by atoms with Gasteiger partial charge in [-0.15, -0.1) is 0 Å². The van der Waals surface area contributed by atoms with Crippen molar-refractivity contribution in [2.45, 2.75) is 79.1 Å². The molecule has 0 spiro atoms. The second-order valence-corrected chi connectivity index (χ2v) is 8.21. The third kappa shape index (κ3) is 10.9. The molecule has 0 fully saturated rings. The van der Waals surface area contributed by atoms with Crippen molar-refractivity contribution >= 4 is 0 Å². The topological polar surface area (TPSA) is 27.7 Å². The van der Waals surface area contributed by atoms with Crippen molar-refractivity contribution in [3.63, 3.8) is 0 Å². The van der Waals surface area contributed by atoms with Gasteiger partial charge in [-0.3, -0.25) is 0 Å². The van der Waals surface area contributed by atoms with Crippen LogP contribution in [0.3, 0.4) is 0 Å². The molecule has 4 heteroatoms. The number of rotatable bonds is 3. The minimum absolute atomic E-state index is 0.235. The molecule has 0 unspecified atom stereocenters. The van der Waals surface area contributed by atoms with Crippen LogP contribution >= 0.6 is 0 Å². The predicted molar refractivity (Wildman–Crippen MR) is 62.5 cm³/mol. The van der Waals surface area contributed by atoms with Crippen LogP contribution in [0.4, 0.5) is 0 Å². The van der Waals surface area contributed by atoms with Gasteiger partial charge in [0.1, 0.15) is 0 Å². The van der Waals surface area contributed by atoms with Crippen molar-refractivity contribution in [2.24, 2.45) is 0 Å². The Morgan fingerprint density at radius 3 is 0.812 bits per heavy atom. The summed E-state index contributed by atoms with van der Waals surface area (Å²) in [4.78, 5) is 0. The van der Waals surface area contributed by atoms with E-state index in [4.69, 9.17) is 11.4 Å². The van der Waals surface area contributed by atoms with Crippen molar-refractivity contribution in [3.8, 4) is 0 Å². The standard InChI is InChI=1S/3C4H9O.Cr/c3*1-4(2,3)5;/h3*1-3H3;/q3*-1;+3. The second kappa shape index (κ2) is 5.37. The molecule has 0 aliphatic carbocycles. The maximum absolute atomic E-state index is 5.87. The van der Waals surface area contributed by atoms with Gasteiger partial charge in [-0.05, 0) is 0 Å². The Morgan fingerprint density at radius 1 is 0.500 bits per heavy atom. The van der Waals surface area contributed by atoms with Crippen LogP contribution in [0, 0.1) is 0 Å². The van der Waals surface area contributed by atoms with Crippen LogP contribution in [0.5, 0.6) is 0 Å². The quantitative estimate of drug-likeness (QED) is 0.781. The van der Waals surface area contributed by atoms with Gasteiger partial charge < -0.3 is 0 Å². The SMILES string of the molecule is CC(C)(C)[O][Cr]([O]C(C)(C)C)[O]C(C)(C)C. The molecule has 0 N–H and O–H groups in total. The molecule has 0 amide bonds. The molecular weight excluding hydrogens is 244 g/mol. The van der Waals surface area contributed by atoms with Crippen molar-refractivity contribution in [3.05, 3.63) is 0 Å². The zero-order valence-electron chi connectivity index (χ0n) is 12.1. The molecule has 0 aromatic heterocycles. The Morgan fingerprint density at radius 2 is 0.688 bits per heavy atom. The molecule has 0 bridgehead atoms. The van der Waals surface area contributed by atoms with Crippen LogP contribution in [-0.2, 0) is 26.5 Å². The van der Waals surface area contributed by atoms with Crippen LogP contribution in [0.15, 0.2) is 0 Å². The fourth-order valence-corrected chi connectivity index (χ4v) is 2.74. The van der Waals surface area contributed by atoms with E-state index in [1.807, 2.05) is 62.3 Å². The first-order valence-corrected chi connectivity index (χ1v) is 7.17. The van der Waals surface area contributed by atoms with E-state index in [-0.39, 0.29) is 16.8 Å². The van der Waals surface area contributed by atoms with Crippen LogP contribution in [0.2, 0.25) is 0 Å². The average molecular weight is 271 g/mol. The average Bonchev–Trinajstić information content (AvgIpc) is 1.70. The monoisotopic (exact) mass is 271 g/mol. The first-order chi connectivity index (χ1) is 6.79. The molecule has 0 aliphatic rings. The molecule has 16 heavy (non-hydrogen) atoms. The first-order valence-electron chi connectivity index (χ1n) is 5.61. The summed E-state index contributed by atoms with van der Waals surface area (Å²) in [7, 11) is 0. The molecular formula is C12H27CrO3. The van der Waals surface area contributed by atoms with Gasteiger partial charge in [-0.2, -0.15) is 0 Å². The van der Waals surface area contributed by atoms with Crippen LogP contribution < -0.4 is 0 Å². The molecule has 0 saturated carbocycles. The molecule has 99 valence electrons. The third-order valence-electron chi connectivity index (χ3n) is 0.954. The molecule has 0 aromatic carbocycles. The zero-order chi connectivity index (χ0) is 13.2. The summed E-state index contributed by atoms with van der Waals surface area (Å²) in [6.45, 7) is 18.1. The molecule has 0 atom stereocenters. The van der Waals surface area contributed by atoms with Crippen molar-refractivity contribution in [1.82, 2.24) is 0 Å². The van der Waals surface area contributed by atoms with Gasteiger partial charge in [0.25, 0.3) is 0 Å². The predicted octanol–water partition coefficient (Wildman–Crippen LogP) is 3.79. The van der Waals surface area contributed by atoms with Crippen LogP contribution in [-0.4, -0.2) is 16.8 Å². The fourth-order valence-electron chi connectivity index (χ4n) is 0.663. The Labute approximate surface area is 106 Å². The molecule has 0 rings (SSSR count). The van der Waals surface area contributed by atoms with Gasteiger partial charge in [0.05, 0.1) is 0 Å². The summed E-state index contributed by atoms with van der Waals surface area (Å²) < 4.78 is 17.6. The van der Waals surface area contributed by atoms with Gasteiger partial charge in [0.15, 0.2) is 0 Å². The normalized spacial score (nSPS) is 14.6. The van der Waals surface area contributed by atoms with E-state index in [9.17, 15) is 0 Å². The van der Waals surface area contributed by atoms with Gasteiger partial charge in [-0.25, -0.2) is 0 Å². The Hall–Kier alpha value is 0.412. The van der Waals surface area contributed by atoms with E-state index in [1.165, 1.54) is 0 Å². The Kier molecular flexibility index (Phi) is 5.51. The van der Waals surface area contributed by atoms with Crippen molar-refractivity contribution < 1.29 is 26.5 Å². The molecule has 0 aliphatic heterocycles. The van der Waals surface area contributed by atoms with Gasteiger partial charge in [-0.1, -0.05) is 0 Å². The zero-order valence-corrected chi connectivity index (χ0v) is 13.4. The summed E-state index contributed by atoms with van der Waals surface area (Å²) in [6.07, 6.45) is 0. The van der Waals surface area contributed by atoms with Gasteiger partial charge in [0, 0.05) is 0 Å². The van der Waals surface area contributed by atoms with Crippen molar-refractivity contribution in [2.75, 3.05) is 0 Å². The molecule has 0 radical (unpaired) electrons. The fraction of sp³-hybridized carbons (Fsp3) is 1.00. The van der Waals surface area contributed by atoms with Crippen molar-refractivity contribution in [1.29, 1.82) is 0 Å². The van der Waals surface area contributed by atoms with Crippen LogP contribution in [0.25, 0.3) is 0 Å². The summed E-state index contributed by atoms with van der Waals surface area (Å²) in [5.41, 5.74) is -0.705. The molecule has 0 saturated heterocycles. The van der Waals surface area contributed by atoms with Gasteiger partial charge in [0.2, 0.25) is 0 Å². The Bertz CT molecular complexity index is 170. The van der Waals surface area contributed by atoms with E-state index >= 15 is 0 Å². The Balaban J connectivity index is 4.53. The number of hydrogen-bond donors (Lipinski definition) is 0. The molecule has 0 aromatic rings. The summed E-state index contributed by atoms with van der Waals surface area (Å²) in [5, 5.41) is 0. The number of hydrogen-bond acceptors (Lipinski definition) is 3. The van der Waals surface area contributed by atoms with E-state index in [0.29, 0.717) is 0 Å². The molecule has 0 heterocycles. The summed E-state index contributed by atoms with van der Waals surface area (Å²) in [5.74, 6) is 0. The van der Waals surface area contributed by atoms with Crippen LogP contribution in [0.1, 0.15) is 62.3 Å². The summed E-state index contributed by atoms with van der Waals surface area (Å²) >= 11 is -1.96.